The molecule has 0 spiro atoms. The van der Waals surface area contributed by atoms with Crippen molar-refractivity contribution in [3.8, 4) is 0 Å². The zero-order valence-corrected chi connectivity index (χ0v) is 24.0. The number of aryl methyl sites for hydroxylation is 1. The summed E-state index contributed by atoms with van der Waals surface area (Å²) in [6.07, 6.45) is 0. The van der Waals surface area contributed by atoms with Crippen molar-refractivity contribution in [2.24, 2.45) is 0 Å². The predicted molar refractivity (Wildman–Crippen MR) is 152 cm³/mol. The summed E-state index contributed by atoms with van der Waals surface area (Å²) in [5.74, 6) is -0.912. The highest BCUT2D eigenvalue weighted by Crippen LogP contribution is 2.33. The zero-order chi connectivity index (χ0) is 28.0. The minimum atomic E-state index is -4.20. The van der Waals surface area contributed by atoms with E-state index < -0.39 is 28.5 Å². The van der Waals surface area contributed by atoms with Crippen molar-refractivity contribution in [2.75, 3.05) is 10.8 Å². The fraction of sp³-hybridized carbons (Fsp3) is 0.286. The van der Waals surface area contributed by atoms with Gasteiger partial charge in [0.1, 0.15) is 12.6 Å². The highest BCUT2D eigenvalue weighted by Gasteiger charge is 2.33. The van der Waals surface area contributed by atoms with Gasteiger partial charge < -0.3 is 10.2 Å². The molecule has 1 atom stereocenters. The molecule has 0 aliphatic rings. The van der Waals surface area contributed by atoms with E-state index in [1.165, 1.54) is 35.2 Å². The maximum atomic E-state index is 13.9. The summed E-state index contributed by atoms with van der Waals surface area (Å²) in [6.45, 7) is 6.76. The van der Waals surface area contributed by atoms with Gasteiger partial charge >= 0.3 is 0 Å². The van der Waals surface area contributed by atoms with Crippen molar-refractivity contribution in [3.05, 3.63) is 94.0 Å². The molecule has 3 aromatic rings. The first-order chi connectivity index (χ1) is 17.9. The second-order valence-corrected chi connectivity index (χ2v) is 12.0. The van der Waals surface area contributed by atoms with Crippen molar-refractivity contribution >= 4 is 50.7 Å². The van der Waals surface area contributed by atoms with Crippen LogP contribution in [0.25, 0.3) is 0 Å². The Labute approximate surface area is 234 Å². The first-order valence-electron chi connectivity index (χ1n) is 12.1. The number of nitrogens with one attached hydrogen (secondary N) is 1. The largest absolute Gasteiger partial charge is 0.352 e. The molecule has 0 aliphatic carbocycles. The minimum absolute atomic E-state index is 0.00509. The lowest BCUT2D eigenvalue weighted by atomic mass is 10.1. The average Bonchev–Trinajstić information content (AvgIpc) is 2.87. The average molecular weight is 577 g/mol. The molecule has 3 rings (SSSR count). The summed E-state index contributed by atoms with van der Waals surface area (Å²) >= 11 is 12.5. The number of rotatable bonds is 10. The molecule has 202 valence electrons. The molecule has 3 aromatic carbocycles. The van der Waals surface area contributed by atoms with E-state index in [2.05, 4.69) is 5.32 Å². The molecule has 0 bridgehead atoms. The number of hydrogen-bond acceptors (Lipinski definition) is 4. The van der Waals surface area contributed by atoms with Gasteiger partial charge in [-0.25, -0.2) is 8.42 Å². The number of halogens is 2. The van der Waals surface area contributed by atoms with E-state index in [-0.39, 0.29) is 34.1 Å². The number of hydrogen-bond donors (Lipinski definition) is 1. The fourth-order valence-electron chi connectivity index (χ4n) is 3.79. The van der Waals surface area contributed by atoms with E-state index >= 15 is 0 Å². The lowest BCUT2D eigenvalue weighted by molar-refractivity contribution is -0.139. The molecule has 1 unspecified atom stereocenters. The second kappa shape index (κ2) is 12.7. The number of anilines is 1. The Hall–Kier alpha value is -3.07. The number of carbonyl (C=O) groups is 2. The maximum absolute atomic E-state index is 13.9. The van der Waals surface area contributed by atoms with Crippen LogP contribution in [0.1, 0.15) is 31.9 Å². The lowest BCUT2D eigenvalue weighted by Crippen LogP contribution is -2.52. The molecule has 0 aliphatic heterocycles. The molecule has 2 amide bonds. The van der Waals surface area contributed by atoms with Gasteiger partial charge in [0.05, 0.1) is 15.6 Å². The molecule has 7 nitrogen and oxygen atoms in total. The summed E-state index contributed by atoms with van der Waals surface area (Å²) in [5, 5.41) is 3.22. The fourth-order valence-corrected chi connectivity index (χ4v) is 5.81. The number of sulfonamides is 1. The first-order valence-corrected chi connectivity index (χ1v) is 14.3. The topological polar surface area (TPSA) is 86.8 Å². The lowest BCUT2D eigenvalue weighted by Gasteiger charge is -2.32. The summed E-state index contributed by atoms with van der Waals surface area (Å²) in [6, 6.07) is 18.7. The molecule has 0 saturated carbocycles. The predicted octanol–water partition coefficient (Wildman–Crippen LogP) is 5.44. The molecular formula is C28H31Cl2N3O4S. The van der Waals surface area contributed by atoms with E-state index in [1.807, 2.05) is 45.0 Å². The standard InChI is InChI=1S/C28H31Cl2N3O4S/c1-19(2)31-28(35)21(4)32(17-22-12-10-20(3)11-13-22)27(34)18-33(26-15-14-23(29)16-25(26)30)38(36,37)24-8-6-5-7-9-24/h5-16,19,21H,17-18H2,1-4H3,(H,31,35). The van der Waals surface area contributed by atoms with Gasteiger partial charge in [0.2, 0.25) is 11.8 Å². The van der Waals surface area contributed by atoms with Crippen LogP contribution in [0, 0.1) is 6.92 Å². The highest BCUT2D eigenvalue weighted by molar-refractivity contribution is 7.92. The summed E-state index contributed by atoms with van der Waals surface area (Å²) in [7, 11) is -4.20. The van der Waals surface area contributed by atoms with E-state index in [1.54, 1.807) is 25.1 Å². The third kappa shape index (κ3) is 7.28. The Balaban J connectivity index is 2.05. The van der Waals surface area contributed by atoms with Gasteiger partial charge in [-0.2, -0.15) is 0 Å². The SMILES string of the molecule is Cc1ccc(CN(C(=O)CN(c2ccc(Cl)cc2Cl)S(=O)(=O)c2ccccc2)C(C)C(=O)NC(C)C)cc1. The highest BCUT2D eigenvalue weighted by atomic mass is 35.5. The molecule has 0 fully saturated rings. The Morgan fingerprint density at radius 3 is 2.13 bits per heavy atom. The van der Waals surface area contributed by atoms with Gasteiger partial charge in [-0.3, -0.25) is 13.9 Å². The minimum Gasteiger partial charge on any atom is -0.352 e. The van der Waals surface area contributed by atoms with Crippen LogP contribution in [0.5, 0.6) is 0 Å². The summed E-state index contributed by atoms with van der Waals surface area (Å²) in [4.78, 5) is 28.2. The Morgan fingerprint density at radius 2 is 1.55 bits per heavy atom. The first kappa shape index (κ1) is 29.5. The van der Waals surface area contributed by atoms with Gasteiger partial charge in [0, 0.05) is 17.6 Å². The quantitative estimate of drug-likeness (QED) is 0.348. The van der Waals surface area contributed by atoms with E-state index in [4.69, 9.17) is 23.2 Å². The van der Waals surface area contributed by atoms with Crippen LogP contribution in [-0.2, 0) is 26.2 Å². The second-order valence-electron chi connectivity index (χ2n) is 9.27. The Morgan fingerprint density at radius 1 is 0.921 bits per heavy atom. The van der Waals surface area contributed by atoms with Crippen molar-refractivity contribution in [2.45, 2.75) is 51.2 Å². The number of nitrogens with zero attached hydrogens (tertiary/aromatic N) is 2. The van der Waals surface area contributed by atoms with Crippen molar-refractivity contribution in [1.82, 2.24) is 10.2 Å². The van der Waals surface area contributed by atoms with Gasteiger partial charge in [0.25, 0.3) is 10.0 Å². The van der Waals surface area contributed by atoms with Crippen LogP contribution in [0.4, 0.5) is 5.69 Å². The number of amides is 2. The molecule has 0 radical (unpaired) electrons. The smallest absolute Gasteiger partial charge is 0.264 e. The molecular weight excluding hydrogens is 545 g/mol. The van der Waals surface area contributed by atoms with Crippen molar-refractivity contribution in [3.63, 3.8) is 0 Å². The molecule has 10 heteroatoms. The van der Waals surface area contributed by atoms with Gasteiger partial charge in [-0.05, 0) is 63.6 Å². The van der Waals surface area contributed by atoms with Crippen molar-refractivity contribution in [1.29, 1.82) is 0 Å². The zero-order valence-electron chi connectivity index (χ0n) is 21.7. The molecule has 1 N–H and O–H groups in total. The molecule has 0 heterocycles. The van der Waals surface area contributed by atoms with Gasteiger partial charge in [-0.1, -0.05) is 71.2 Å². The number of carbonyl (C=O) groups excluding carboxylic acids is 2. The number of benzene rings is 3. The monoisotopic (exact) mass is 575 g/mol. The van der Waals surface area contributed by atoms with Gasteiger partial charge in [0.15, 0.2) is 0 Å². The van der Waals surface area contributed by atoms with E-state index in [0.717, 1.165) is 15.4 Å². The van der Waals surface area contributed by atoms with E-state index in [9.17, 15) is 18.0 Å². The Kier molecular flexibility index (Phi) is 9.82. The summed E-state index contributed by atoms with van der Waals surface area (Å²) in [5.41, 5.74) is 1.95. The van der Waals surface area contributed by atoms with Crippen LogP contribution in [0.2, 0.25) is 10.0 Å². The van der Waals surface area contributed by atoms with Crippen LogP contribution >= 0.6 is 23.2 Å². The molecule has 38 heavy (non-hydrogen) atoms. The van der Waals surface area contributed by atoms with E-state index in [0.29, 0.717) is 5.02 Å². The third-order valence-electron chi connectivity index (χ3n) is 5.86. The van der Waals surface area contributed by atoms with Crippen LogP contribution in [-0.4, -0.2) is 43.8 Å². The maximum Gasteiger partial charge on any atom is 0.264 e. The molecule has 0 aromatic heterocycles. The van der Waals surface area contributed by atoms with Crippen molar-refractivity contribution < 1.29 is 18.0 Å². The molecule has 0 saturated heterocycles. The van der Waals surface area contributed by atoms with Crippen LogP contribution in [0.15, 0.2) is 77.7 Å². The third-order valence-corrected chi connectivity index (χ3v) is 8.17. The van der Waals surface area contributed by atoms with Gasteiger partial charge in [-0.15, -0.1) is 0 Å². The summed E-state index contributed by atoms with van der Waals surface area (Å²) < 4.78 is 28.5. The normalized spacial score (nSPS) is 12.2. The van der Waals surface area contributed by atoms with Crippen LogP contribution in [0.3, 0.4) is 0 Å². The van der Waals surface area contributed by atoms with Crippen LogP contribution < -0.4 is 9.62 Å². The Bertz CT molecular complexity index is 1380.